The highest BCUT2D eigenvalue weighted by molar-refractivity contribution is 14.0. The summed E-state index contributed by atoms with van der Waals surface area (Å²) in [5, 5.41) is 10.7. The van der Waals surface area contributed by atoms with Crippen molar-refractivity contribution in [1.82, 2.24) is 15.5 Å². The summed E-state index contributed by atoms with van der Waals surface area (Å²) < 4.78 is 0. The lowest BCUT2D eigenvalue weighted by atomic mass is 10.3. The fourth-order valence-electron chi connectivity index (χ4n) is 1.81. The number of amides is 1. The molecule has 0 bridgehead atoms. The van der Waals surface area contributed by atoms with Crippen molar-refractivity contribution < 1.29 is 4.79 Å². The second-order valence-electron chi connectivity index (χ2n) is 5.14. The normalized spacial score (nSPS) is 10.8. The molecule has 5 nitrogen and oxygen atoms in total. The van der Waals surface area contributed by atoms with Gasteiger partial charge in [-0.2, -0.15) is 0 Å². The fraction of sp³-hybridized carbons (Fsp3) is 0.375. The summed E-state index contributed by atoms with van der Waals surface area (Å²) >= 11 is 3.45. The lowest BCUT2D eigenvalue weighted by Gasteiger charge is -2.13. The first-order chi connectivity index (χ1) is 11.1. The Morgan fingerprint density at radius 2 is 1.79 bits per heavy atom. The van der Waals surface area contributed by atoms with E-state index in [0.29, 0.717) is 12.5 Å². The molecule has 2 aromatic rings. The molecule has 0 fully saturated rings. The monoisotopic (exact) mass is 478 g/mol. The van der Waals surface area contributed by atoms with E-state index in [1.165, 1.54) is 9.75 Å². The van der Waals surface area contributed by atoms with E-state index in [2.05, 4.69) is 39.2 Å². The highest BCUT2D eigenvalue weighted by atomic mass is 127. The molecule has 2 rings (SSSR count). The van der Waals surface area contributed by atoms with Crippen LogP contribution < -0.4 is 10.6 Å². The average Bonchev–Trinajstić information content (AvgIpc) is 3.22. The average molecular weight is 478 g/mol. The van der Waals surface area contributed by atoms with Crippen molar-refractivity contribution in [3.05, 3.63) is 44.8 Å². The molecule has 2 heterocycles. The molecule has 0 saturated carbocycles. The standard InChI is InChI=1S/C16H22N4OS2.HI/c1-20(2)15(21)12-19-16(18-11-14-6-4-10-23-14)17-8-7-13-5-3-9-22-13;/h3-6,9-10H,7-8,11-12H2,1-2H3,(H2,17,18,19);1H. The lowest BCUT2D eigenvalue weighted by molar-refractivity contribution is -0.127. The van der Waals surface area contributed by atoms with Crippen LogP contribution in [-0.2, 0) is 17.8 Å². The molecule has 0 radical (unpaired) electrons. The topological polar surface area (TPSA) is 56.7 Å². The third-order valence-corrected chi connectivity index (χ3v) is 4.94. The van der Waals surface area contributed by atoms with Crippen LogP contribution in [0.2, 0.25) is 0 Å². The van der Waals surface area contributed by atoms with Gasteiger partial charge in [0.15, 0.2) is 5.96 Å². The summed E-state index contributed by atoms with van der Waals surface area (Å²) in [5.41, 5.74) is 0. The SMILES string of the molecule is CN(C)C(=O)CN=C(NCCc1cccs1)NCc1cccs1.I. The number of rotatable bonds is 7. The summed E-state index contributed by atoms with van der Waals surface area (Å²) in [5.74, 6) is 0.658. The largest absolute Gasteiger partial charge is 0.356 e. The molecule has 2 aromatic heterocycles. The van der Waals surface area contributed by atoms with Crippen molar-refractivity contribution in [2.75, 3.05) is 27.2 Å². The Balaban J connectivity index is 0.00000288. The van der Waals surface area contributed by atoms with Crippen LogP contribution >= 0.6 is 46.7 Å². The molecule has 0 atom stereocenters. The van der Waals surface area contributed by atoms with Crippen LogP contribution in [0, 0.1) is 0 Å². The smallest absolute Gasteiger partial charge is 0.243 e. The number of nitrogens with zero attached hydrogens (tertiary/aromatic N) is 2. The molecule has 24 heavy (non-hydrogen) atoms. The number of guanidine groups is 1. The highest BCUT2D eigenvalue weighted by Gasteiger charge is 2.05. The Morgan fingerprint density at radius 3 is 2.38 bits per heavy atom. The molecular weight excluding hydrogens is 455 g/mol. The van der Waals surface area contributed by atoms with Gasteiger partial charge in [0, 0.05) is 30.4 Å². The molecule has 0 spiro atoms. The highest BCUT2D eigenvalue weighted by Crippen LogP contribution is 2.08. The number of halogens is 1. The summed E-state index contributed by atoms with van der Waals surface area (Å²) in [6.45, 7) is 1.64. The van der Waals surface area contributed by atoms with Gasteiger partial charge >= 0.3 is 0 Å². The Labute approximate surface area is 168 Å². The fourth-order valence-corrected chi connectivity index (χ4v) is 3.16. The number of hydrogen-bond donors (Lipinski definition) is 2. The zero-order valence-corrected chi connectivity index (χ0v) is 17.8. The van der Waals surface area contributed by atoms with Gasteiger partial charge in [-0.15, -0.1) is 46.7 Å². The van der Waals surface area contributed by atoms with Gasteiger partial charge in [-0.3, -0.25) is 4.79 Å². The number of hydrogen-bond acceptors (Lipinski definition) is 4. The minimum atomic E-state index is -0.0134. The van der Waals surface area contributed by atoms with Crippen LogP contribution in [0.3, 0.4) is 0 Å². The van der Waals surface area contributed by atoms with Crippen molar-refractivity contribution in [2.45, 2.75) is 13.0 Å². The van der Waals surface area contributed by atoms with E-state index in [0.717, 1.165) is 13.0 Å². The van der Waals surface area contributed by atoms with Crippen LogP contribution in [0.15, 0.2) is 40.0 Å². The van der Waals surface area contributed by atoms with Gasteiger partial charge in [-0.1, -0.05) is 12.1 Å². The van der Waals surface area contributed by atoms with Gasteiger partial charge in [0.05, 0.1) is 6.54 Å². The van der Waals surface area contributed by atoms with E-state index in [9.17, 15) is 4.79 Å². The zero-order chi connectivity index (χ0) is 16.5. The number of carbonyl (C=O) groups is 1. The van der Waals surface area contributed by atoms with E-state index in [-0.39, 0.29) is 36.4 Å². The summed E-state index contributed by atoms with van der Waals surface area (Å²) in [6, 6.07) is 8.28. The van der Waals surface area contributed by atoms with Gasteiger partial charge in [0.25, 0.3) is 0 Å². The summed E-state index contributed by atoms with van der Waals surface area (Å²) in [7, 11) is 3.47. The maximum Gasteiger partial charge on any atom is 0.243 e. The first kappa shape index (κ1) is 20.9. The molecule has 8 heteroatoms. The number of nitrogens with one attached hydrogen (secondary N) is 2. The maximum atomic E-state index is 11.7. The quantitative estimate of drug-likeness (QED) is 0.366. The van der Waals surface area contributed by atoms with Crippen LogP contribution in [0.1, 0.15) is 9.75 Å². The number of carbonyl (C=O) groups excluding carboxylic acids is 1. The summed E-state index contributed by atoms with van der Waals surface area (Å²) in [4.78, 5) is 20.2. The molecule has 0 aliphatic heterocycles. The van der Waals surface area contributed by atoms with Gasteiger partial charge in [0.2, 0.25) is 5.91 Å². The predicted octanol–water partition coefficient (Wildman–Crippen LogP) is 2.79. The third kappa shape index (κ3) is 7.63. The van der Waals surface area contributed by atoms with Crippen LogP contribution in [-0.4, -0.2) is 44.0 Å². The predicted molar refractivity (Wildman–Crippen MR) is 114 cm³/mol. The van der Waals surface area contributed by atoms with Crippen LogP contribution in [0.5, 0.6) is 0 Å². The van der Waals surface area contributed by atoms with E-state index < -0.39 is 0 Å². The molecule has 0 aliphatic rings. The maximum absolute atomic E-state index is 11.7. The number of thiophene rings is 2. The van der Waals surface area contributed by atoms with Crippen molar-refractivity contribution >= 4 is 58.5 Å². The van der Waals surface area contributed by atoms with Gasteiger partial charge < -0.3 is 15.5 Å². The minimum absolute atomic E-state index is 0. The molecular formula is C16H23IN4OS2. The Hall–Kier alpha value is -1.13. The molecule has 0 aliphatic carbocycles. The van der Waals surface area contributed by atoms with Crippen molar-refractivity contribution in [3.8, 4) is 0 Å². The van der Waals surface area contributed by atoms with E-state index in [1.807, 2.05) is 11.4 Å². The molecule has 0 unspecified atom stereocenters. The number of likely N-dealkylation sites (N-methyl/N-ethyl adjacent to an activating group) is 1. The second-order valence-corrected chi connectivity index (χ2v) is 7.21. The molecule has 0 saturated heterocycles. The molecule has 1 amide bonds. The third-order valence-electron chi connectivity index (χ3n) is 3.13. The van der Waals surface area contributed by atoms with Crippen molar-refractivity contribution in [1.29, 1.82) is 0 Å². The van der Waals surface area contributed by atoms with Gasteiger partial charge in [-0.25, -0.2) is 4.99 Å². The number of aliphatic imine (C=N–C) groups is 1. The molecule has 2 N–H and O–H groups in total. The van der Waals surface area contributed by atoms with E-state index in [4.69, 9.17) is 0 Å². The van der Waals surface area contributed by atoms with Crippen molar-refractivity contribution in [3.63, 3.8) is 0 Å². The first-order valence-corrected chi connectivity index (χ1v) is 9.18. The zero-order valence-electron chi connectivity index (χ0n) is 13.8. The summed E-state index contributed by atoms with van der Waals surface area (Å²) in [6.07, 6.45) is 0.943. The van der Waals surface area contributed by atoms with E-state index in [1.54, 1.807) is 41.7 Å². The second kappa shape index (κ2) is 11.4. The van der Waals surface area contributed by atoms with E-state index >= 15 is 0 Å². The van der Waals surface area contributed by atoms with Crippen molar-refractivity contribution in [2.24, 2.45) is 4.99 Å². The molecule has 0 aromatic carbocycles. The Kier molecular flexibility index (Phi) is 9.96. The minimum Gasteiger partial charge on any atom is -0.356 e. The Morgan fingerprint density at radius 1 is 1.12 bits per heavy atom. The van der Waals surface area contributed by atoms with Gasteiger partial charge in [-0.05, 0) is 29.3 Å². The first-order valence-electron chi connectivity index (χ1n) is 7.42. The Bertz CT molecular complexity index is 612. The lowest BCUT2D eigenvalue weighted by Crippen LogP contribution is -2.39. The van der Waals surface area contributed by atoms with Crippen LogP contribution in [0.4, 0.5) is 0 Å². The van der Waals surface area contributed by atoms with Crippen LogP contribution in [0.25, 0.3) is 0 Å². The van der Waals surface area contributed by atoms with Gasteiger partial charge in [0.1, 0.15) is 6.54 Å². The molecule has 132 valence electrons.